The third-order valence-corrected chi connectivity index (χ3v) is 1.69. The van der Waals surface area contributed by atoms with Crippen molar-refractivity contribution in [1.29, 1.82) is 0 Å². The van der Waals surface area contributed by atoms with E-state index < -0.39 is 5.91 Å². The molecule has 0 aromatic heterocycles. The van der Waals surface area contributed by atoms with E-state index in [9.17, 15) is 4.79 Å². The Morgan fingerprint density at radius 2 is 2.07 bits per heavy atom. The van der Waals surface area contributed by atoms with Gasteiger partial charge in [-0.3, -0.25) is 10.2 Å². The summed E-state index contributed by atoms with van der Waals surface area (Å²) in [6, 6.07) is 0. The summed E-state index contributed by atoms with van der Waals surface area (Å²) < 4.78 is 0. The largest absolute Gasteiger partial charge is 0.375 e. The van der Waals surface area contributed by atoms with Crippen molar-refractivity contribution in [2.24, 2.45) is 16.6 Å². The smallest absolute Gasteiger partial charge is 0.264 e. The number of unbranched alkanes of at least 4 members (excludes halogenated alkanes) is 2. The number of nitrogens with one attached hydrogen (secondary N) is 1. The van der Waals surface area contributed by atoms with Gasteiger partial charge in [0.25, 0.3) is 5.91 Å². The van der Waals surface area contributed by atoms with Gasteiger partial charge in [-0.05, 0) is 25.1 Å². The third kappa shape index (κ3) is 6.36. The molecule has 14 heavy (non-hydrogen) atoms. The van der Waals surface area contributed by atoms with Crippen LogP contribution in [0, 0.1) is 0 Å². The molecule has 0 fully saturated rings. The fourth-order valence-corrected chi connectivity index (χ4v) is 0.945. The number of rotatable bonds is 6. The lowest BCUT2D eigenvalue weighted by Gasteiger charge is -2.02. The lowest BCUT2D eigenvalue weighted by Crippen LogP contribution is -2.30. The predicted molar refractivity (Wildman–Crippen MR) is 60.7 cm³/mol. The fourth-order valence-electron chi connectivity index (χ4n) is 0.899. The van der Waals surface area contributed by atoms with E-state index in [1.807, 2.05) is 0 Å². The summed E-state index contributed by atoms with van der Waals surface area (Å²) in [6.45, 7) is 2.08. The molecule has 0 radical (unpaired) electrons. The van der Waals surface area contributed by atoms with Gasteiger partial charge in [0.15, 0.2) is 5.11 Å². The molecule has 0 saturated heterocycles. The van der Waals surface area contributed by atoms with Crippen molar-refractivity contribution in [2.45, 2.75) is 32.6 Å². The van der Waals surface area contributed by atoms with Crippen molar-refractivity contribution in [3.8, 4) is 0 Å². The van der Waals surface area contributed by atoms with Crippen LogP contribution in [0.25, 0.3) is 0 Å². The highest BCUT2D eigenvalue weighted by Gasteiger charge is 2.06. The first-order valence-corrected chi connectivity index (χ1v) is 4.90. The molecule has 0 aliphatic rings. The number of primary amides is 1. The van der Waals surface area contributed by atoms with E-state index >= 15 is 0 Å². The molecule has 0 atom stereocenters. The van der Waals surface area contributed by atoms with E-state index in [-0.39, 0.29) is 10.8 Å². The number of nitrogens with zero attached hydrogens (tertiary/aromatic N) is 1. The van der Waals surface area contributed by atoms with E-state index in [4.69, 9.17) is 11.5 Å². The number of thiocarbonyl (C=S) groups is 1. The zero-order valence-electron chi connectivity index (χ0n) is 8.25. The van der Waals surface area contributed by atoms with Gasteiger partial charge in [0.2, 0.25) is 0 Å². The number of hydrogen-bond acceptors (Lipinski definition) is 3. The van der Waals surface area contributed by atoms with Gasteiger partial charge in [-0.25, -0.2) is 0 Å². The summed E-state index contributed by atoms with van der Waals surface area (Å²) in [4.78, 5) is 10.9. The van der Waals surface area contributed by atoms with Crippen LogP contribution < -0.4 is 16.9 Å². The molecular weight excluding hydrogens is 200 g/mol. The minimum atomic E-state index is -0.537. The van der Waals surface area contributed by atoms with Gasteiger partial charge in [0.05, 0.1) is 0 Å². The Kier molecular flexibility index (Phi) is 6.65. The van der Waals surface area contributed by atoms with Gasteiger partial charge in [0, 0.05) is 0 Å². The molecule has 0 unspecified atom stereocenters. The van der Waals surface area contributed by atoms with E-state index in [1.165, 1.54) is 0 Å². The highest BCUT2D eigenvalue weighted by atomic mass is 32.1. The molecule has 0 saturated carbocycles. The molecule has 0 aliphatic carbocycles. The highest BCUT2D eigenvalue weighted by Crippen LogP contribution is 2.00. The third-order valence-electron chi connectivity index (χ3n) is 1.60. The average molecular weight is 216 g/mol. The molecule has 0 spiro atoms. The normalized spacial score (nSPS) is 11.1. The van der Waals surface area contributed by atoms with Gasteiger partial charge in [-0.1, -0.05) is 19.8 Å². The van der Waals surface area contributed by atoms with E-state index in [2.05, 4.69) is 29.7 Å². The number of carbonyl (C=O) groups is 1. The van der Waals surface area contributed by atoms with Crippen LogP contribution in [0.15, 0.2) is 5.10 Å². The van der Waals surface area contributed by atoms with Crippen LogP contribution in [0.2, 0.25) is 0 Å². The van der Waals surface area contributed by atoms with E-state index in [1.54, 1.807) is 0 Å². The summed E-state index contributed by atoms with van der Waals surface area (Å²) >= 11 is 4.54. The number of carbonyl (C=O) groups excluding carboxylic acids is 1. The van der Waals surface area contributed by atoms with Crippen LogP contribution >= 0.6 is 12.2 Å². The van der Waals surface area contributed by atoms with Gasteiger partial charge < -0.3 is 11.5 Å². The second-order valence-corrected chi connectivity index (χ2v) is 3.30. The minimum Gasteiger partial charge on any atom is -0.375 e. The molecule has 5 nitrogen and oxygen atoms in total. The Hall–Kier alpha value is -1.17. The molecule has 0 aromatic carbocycles. The van der Waals surface area contributed by atoms with Crippen LogP contribution in [-0.2, 0) is 4.79 Å². The maximum absolute atomic E-state index is 10.9. The SMILES string of the molecule is CCCCCC(=NNC(N)=S)C(N)=O. The highest BCUT2D eigenvalue weighted by molar-refractivity contribution is 7.80. The molecule has 80 valence electrons. The molecule has 0 aromatic rings. The summed E-state index contributed by atoms with van der Waals surface area (Å²) in [5.74, 6) is -0.537. The summed E-state index contributed by atoms with van der Waals surface area (Å²) in [5.41, 5.74) is 12.9. The van der Waals surface area contributed by atoms with Crippen molar-refractivity contribution in [1.82, 2.24) is 5.43 Å². The Bertz CT molecular complexity index is 239. The van der Waals surface area contributed by atoms with Gasteiger partial charge in [0.1, 0.15) is 5.71 Å². The Balaban J connectivity index is 4.08. The van der Waals surface area contributed by atoms with Crippen molar-refractivity contribution < 1.29 is 4.79 Å². The second-order valence-electron chi connectivity index (χ2n) is 2.86. The Labute approximate surface area is 88.9 Å². The molecule has 1 amide bonds. The van der Waals surface area contributed by atoms with Crippen molar-refractivity contribution in [3.63, 3.8) is 0 Å². The first-order valence-electron chi connectivity index (χ1n) is 4.49. The molecular formula is C8H16N4OS. The summed E-state index contributed by atoms with van der Waals surface area (Å²) in [5, 5.41) is 3.75. The lowest BCUT2D eigenvalue weighted by atomic mass is 10.1. The predicted octanol–water partition coefficient (Wildman–Crippen LogP) is 0.241. The first kappa shape index (κ1) is 12.8. The summed E-state index contributed by atoms with van der Waals surface area (Å²) in [6.07, 6.45) is 3.56. The lowest BCUT2D eigenvalue weighted by molar-refractivity contribution is -0.112. The average Bonchev–Trinajstić information content (AvgIpc) is 2.10. The number of amides is 1. The second kappa shape index (κ2) is 7.25. The molecule has 0 bridgehead atoms. The maximum Gasteiger partial charge on any atom is 0.264 e. The molecule has 0 rings (SSSR count). The van der Waals surface area contributed by atoms with Crippen molar-refractivity contribution in [2.75, 3.05) is 0 Å². The Morgan fingerprint density at radius 1 is 1.43 bits per heavy atom. The van der Waals surface area contributed by atoms with Gasteiger partial charge in [-0.15, -0.1) is 0 Å². The van der Waals surface area contributed by atoms with Crippen LogP contribution in [0.3, 0.4) is 0 Å². The van der Waals surface area contributed by atoms with E-state index in [0.717, 1.165) is 19.3 Å². The van der Waals surface area contributed by atoms with Gasteiger partial charge in [-0.2, -0.15) is 5.10 Å². The van der Waals surface area contributed by atoms with Crippen LogP contribution in [0.4, 0.5) is 0 Å². The number of hydrazone groups is 1. The number of hydrogen-bond donors (Lipinski definition) is 3. The van der Waals surface area contributed by atoms with Gasteiger partial charge >= 0.3 is 0 Å². The fraction of sp³-hybridized carbons (Fsp3) is 0.625. The zero-order chi connectivity index (χ0) is 11.0. The number of nitrogens with two attached hydrogens (primary N) is 2. The van der Waals surface area contributed by atoms with E-state index in [0.29, 0.717) is 6.42 Å². The van der Waals surface area contributed by atoms with Crippen molar-refractivity contribution >= 4 is 28.9 Å². The van der Waals surface area contributed by atoms with Crippen LogP contribution in [-0.4, -0.2) is 16.7 Å². The monoisotopic (exact) mass is 216 g/mol. The minimum absolute atomic E-state index is 0.0271. The molecule has 0 aliphatic heterocycles. The van der Waals surface area contributed by atoms with Crippen LogP contribution in [0.5, 0.6) is 0 Å². The summed E-state index contributed by atoms with van der Waals surface area (Å²) in [7, 11) is 0. The zero-order valence-corrected chi connectivity index (χ0v) is 9.06. The van der Waals surface area contributed by atoms with Crippen molar-refractivity contribution in [3.05, 3.63) is 0 Å². The quantitative estimate of drug-likeness (QED) is 0.256. The molecule has 0 heterocycles. The molecule has 6 heteroatoms. The molecule has 5 N–H and O–H groups in total. The first-order chi connectivity index (χ1) is 6.57. The van der Waals surface area contributed by atoms with Crippen LogP contribution in [0.1, 0.15) is 32.6 Å². The standard InChI is InChI=1S/C8H16N4OS/c1-2-3-4-5-6(7(9)13)11-12-8(10)14/h2-5H2,1H3,(H2,9,13)(H3,10,12,14). The maximum atomic E-state index is 10.9. The Morgan fingerprint density at radius 3 is 2.50 bits per heavy atom. The topological polar surface area (TPSA) is 93.5 Å².